The lowest BCUT2D eigenvalue weighted by atomic mass is 10.00. The monoisotopic (exact) mass is 269 g/mol. The number of aryl methyl sites for hydroxylation is 1. The second-order valence-electron chi connectivity index (χ2n) is 4.34. The van der Waals surface area contributed by atoms with Crippen LogP contribution in [-0.4, -0.2) is 17.0 Å². The number of ketones is 1. The molecule has 0 radical (unpaired) electrons. The number of aldehydes is 1. The molecule has 5 nitrogen and oxygen atoms in total. The van der Waals surface area contributed by atoms with Gasteiger partial charge in [0, 0.05) is 17.2 Å². The lowest BCUT2D eigenvalue weighted by Gasteiger charge is -2.03. The van der Waals surface area contributed by atoms with Crippen molar-refractivity contribution in [2.75, 3.05) is 0 Å². The van der Waals surface area contributed by atoms with Crippen LogP contribution in [0.2, 0.25) is 0 Å². The molecule has 0 heterocycles. The fourth-order valence-corrected chi connectivity index (χ4v) is 1.83. The van der Waals surface area contributed by atoms with Gasteiger partial charge in [-0.25, -0.2) is 0 Å². The van der Waals surface area contributed by atoms with Crippen molar-refractivity contribution in [1.82, 2.24) is 0 Å². The number of carbonyl (C=O) groups is 2. The third-order valence-corrected chi connectivity index (χ3v) is 2.93. The van der Waals surface area contributed by atoms with Crippen LogP contribution in [0.1, 0.15) is 31.8 Å². The molecule has 0 aromatic heterocycles. The zero-order valence-corrected chi connectivity index (χ0v) is 10.7. The molecule has 0 unspecified atom stereocenters. The highest BCUT2D eigenvalue weighted by Gasteiger charge is 2.17. The predicted octanol–water partition coefficient (Wildman–Crippen LogP) is 2.95. The second kappa shape index (κ2) is 5.44. The van der Waals surface area contributed by atoms with Crippen LogP contribution in [0, 0.1) is 17.0 Å². The SMILES string of the molecule is Cc1ccc(C(=O)c2ccc([N+](=O)[O-])c(C=O)c2)cc1. The Kier molecular flexibility index (Phi) is 3.70. The minimum Gasteiger partial charge on any atom is -0.298 e. The summed E-state index contributed by atoms with van der Waals surface area (Å²) in [7, 11) is 0. The van der Waals surface area contributed by atoms with Gasteiger partial charge in [-0.2, -0.15) is 0 Å². The molecule has 0 aliphatic carbocycles. The van der Waals surface area contributed by atoms with Gasteiger partial charge in [0.15, 0.2) is 12.1 Å². The maximum atomic E-state index is 12.2. The molecule has 0 atom stereocenters. The number of rotatable bonds is 4. The molecule has 2 aromatic carbocycles. The van der Waals surface area contributed by atoms with Crippen molar-refractivity contribution in [1.29, 1.82) is 0 Å². The summed E-state index contributed by atoms with van der Waals surface area (Å²) in [5.41, 5.74) is 1.34. The van der Waals surface area contributed by atoms with Gasteiger partial charge in [0.2, 0.25) is 0 Å². The Bertz CT molecular complexity index is 690. The molecule has 2 rings (SSSR count). The van der Waals surface area contributed by atoms with Crippen molar-refractivity contribution in [3.05, 3.63) is 74.8 Å². The van der Waals surface area contributed by atoms with E-state index in [1.807, 2.05) is 6.92 Å². The van der Waals surface area contributed by atoms with Crippen molar-refractivity contribution in [2.45, 2.75) is 6.92 Å². The van der Waals surface area contributed by atoms with Crippen molar-refractivity contribution in [2.24, 2.45) is 0 Å². The van der Waals surface area contributed by atoms with E-state index in [9.17, 15) is 19.7 Å². The van der Waals surface area contributed by atoms with Crippen molar-refractivity contribution in [3.8, 4) is 0 Å². The minimum atomic E-state index is -0.649. The third kappa shape index (κ3) is 2.61. The molecule has 0 saturated heterocycles. The molecule has 0 N–H and O–H groups in total. The van der Waals surface area contributed by atoms with Crippen molar-refractivity contribution >= 4 is 17.8 Å². The van der Waals surface area contributed by atoms with E-state index in [1.54, 1.807) is 24.3 Å². The maximum absolute atomic E-state index is 12.2. The van der Waals surface area contributed by atoms with Crippen LogP contribution in [0.15, 0.2) is 42.5 Å². The summed E-state index contributed by atoms with van der Waals surface area (Å²) in [6.07, 6.45) is 0.379. The maximum Gasteiger partial charge on any atom is 0.279 e. The molecular weight excluding hydrogens is 258 g/mol. The molecule has 0 spiro atoms. The van der Waals surface area contributed by atoms with Crippen LogP contribution in [-0.2, 0) is 0 Å². The van der Waals surface area contributed by atoms with Crippen molar-refractivity contribution in [3.63, 3.8) is 0 Å². The number of benzene rings is 2. The van der Waals surface area contributed by atoms with Gasteiger partial charge in [-0.05, 0) is 19.1 Å². The molecule has 0 bridgehead atoms. The largest absolute Gasteiger partial charge is 0.298 e. The summed E-state index contributed by atoms with van der Waals surface area (Å²) >= 11 is 0. The first-order valence-corrected chi connectivity index (χ1v) is 5.88. The molecule has 0 amide bonds. The number of carbonyl (C=O) groups excluding carboxylic acids is 2. The highest BCUT2D eigenvalue weighted by atomic mass is 16.6. The Morgan fingerprint density at radius 2 is 1.70 bits per heavy atom. The van der Waals surface area contributed by atoms with Crippen LogP contribution in [0.3, 0.4) is 0 Å². The van der Waals surface area contributed by atoms with E-state index in [-0.39, 0.29) is 22.6 Å². The van der Waals surface area contributed by atoms with E-state index in [4.69, 9.17) is 0 Å². The van der Waals surface area contributed by atoms with Crippen LogP contribution in [0.25, 0.3) is 0 Å². The zero-order chi connectivity index (χ0) is 14.7. The van der Waals surface area contributed by atoms with E-state index in [1.165, 1.54) is 18.2 Å². The molecule has 0 aliphatic heterocycles. The van der Waals surface area contributed by atoms with E-state index in [2.05, 4.69) is 0 Å². The minimum absolute atomic E-state index is 0.104. The first-order valence-electron chi connectivity index (χ1n) is 5.88. The topological polar surface area (TPSA) is 77.3 Å². The molecule has 2 aromatic rings. The average Bonchev–Trinajstić information content (AvgIpc) is 2.46. The Balaban J connectivity index is 2.43. The fraction of sp³-hybridized carbons (Fsp3) is 0.0667. The van der Waals surface area contributed by atoms with Crippen LogP contribution in [0.4, 0.5) is 5.69 Å². The van der Waals surface area contributed by atoms with Gasteiger partial charge in [0.25, 0.3) is 5.69 Å². The van der Waals surface area contributed by atoms with Gasteiger partial charge in [-0.1, -0.05) is 29.8 Å². The van der Waals surface area contributed by atoms with Gasteiger partial charge in [-0.15, -0.1) is 0 Å². The summed E-state index contributed by atoms with van der Waals surface area (Å²) in [4.78, 5) is 33.2. The molecular formula is C15H11NO4. The van der Waals surface area contributed by atoms with Gasteiger partial charge in [0.05, 0.1) is 10.5 Å². The first kappa shape index (κ1) is 13.6. The summed E-state index contributed by atoms with van der Waals surface area (Å²) in [6, 6.07) is 10.7. The lowest BCUT2D eigenvalue weighted by molar-refractivity contribution is -0.385. The molecule has 0 aliphatic rings. The van der Waals surface area contributed by atoms with Crippen LogP contribution < -0.4 is 0 Å². The summed E-state index contributed by atoms with van der Waals surface area (Å²) in [5, 5.41) is 10.7. The molecule has 0 saturated carbocycles. The summed E-state index contributed by atoms with van der Waals surface area (Å²) in [6.45, 7) is 1.91. The quantitative estimate of drug-likeness (QED) is 0.370. The van der Waals surface area contributed by atoms with Crippen LogP contribution in [0.5, 0.6) is 0 Å². The highest BCUT2D eigenvalue weighted by Crippen LogP contribution is 2.20. The Hall–Kier alpha value is -2.82. The van der Waals surface area contributed by atoms with E-state index >= 15 is 0 Å². The summed E-state index contributed by atoms with van der Waals surface area (Å²) in [5.74, 6) is -0.275. The fourth-order valence-electron chi connectivity index (χ4n) is 1.83. The van der Waals surface area contributed by atoms with Crippen molar-refractivity contribution < 1.29 is 14.5 Å². The average molecular weight is 269 g/mol. The zero-order valence-electron chi connectivity index (χ0n) is 10.7. The van der Waals surface area contributed by atoms with E-state index < -0.39 is 4.92 Å². The normalized spacial score (nSPS) is 10.1. The van der Waals surface area contributed by atoms with Crippen LogP contribution >= 0.6 is 0 Å². The number of hydrogen-bond acceptors (Lipinski definition) is 4. The third-order valence-electron chi connectivity index (χ3n) is 2.93. The van der Waals surface area contributed by atoms with Gasteiger partial charge in [-0.3, -0.25) is 19.7 Å². The molecule has 5 heteroatoms. The number of nitro groups is 1. The van der Waals surface area contributed by atoms with Gasteiger partial charge in [0.1, 0.15) is 0 Å². The number of nitro benzene ring substituents is 1. The predicted molar refractivity (Wildman–Crippen MR) is 73.1 cm³/mol. The molecule has 0 fully saturated rings. The summed E-state index contributed by atoms with van der Waals surface area (Å²) < 4.78 is 0. The van der Waals surface area contributed by atoms with Gasteiger partial charge >= 0.3 is 0 Å². The first-order chi connectivity index (χ1) is 9.52. The second-order valence-corrected chi connectivity index (χ2v) is 4.34. The van der Waals surface area contributed by atoms with E-state index in [0.717, 1.165) is 5.56 Å². The molecule has 20 heavy (non-hydrogen) atoms. The Labute approximate surface area is 115 Å². The Morgan fingerprint density at radius 1 is 1.10 bits per heavy atom. The number of hydrogen-bond donors (Lipinski definition) is 0. The Morgan fingerprint density at radius 3 is 2.25 bits per heavy atom. The highest BCUT2D eigenvalue weighted by molar-refractivity contribution is 6.09. The van der Waals surface area contributed by atoms with Gasteiger partial charge < -0.3 is 0 Å². The standard InChI is InChI=1S/C15H11NO4/c1-10-2-4-11(5-3-10)15(18)12-6-7-14(16(19)20)13(8-12)9-17/h2-9H,1H3. The van der Waals surface area contributed by atoms with E-state index in [0.29, 0.717) is 11.8 Å². The smallest absolute Gasteiger partial charge is 0.279 e. The molecule has 100 valence electrons. The number of nitrogens with zero attached hydrogens (tertiary/aromatic N) is 1. The lowest BCUT2D eigenvalue weighted by Crippen LogP contribution is -2.03.